The molecule has 26 heavy (non-hydrogen) atoms. The lowest BCUT2D eigenvalue weighted by Crippen LogP contribution is -2.36. The van der Waals surface area contributed by atoms with Gasteiger partial charge in [0.1, 0.15) is 23.0 Å². The van der Waals surface area contributed by atoms with E-state index in [0.717, 1.165) is 5.57 Å². The van der Waals surface area contributed by atoms with Crippen molar-refractivity contribution in [2.75, 3.05) is 13.7 Å². The molecule has 1 aromatic heterocycles. The molecule has 1 N–H and O–H groups in total. The number of para-hydroxylation sites is 1. The molecule has 3 rings (SSSR count). The number of benzene rings is 1. The zero-order valence-electron chi connectivity index (χ0n) is 15.5. The zero-order valence-corrected chi connectivity index (χ0v) is 15.5. The highest BCUT2D eigenvalue weighted by molar-refractivity contribution is 6.01. The summed E-state index contributed by atoms with van der Waals surface area (Å²) in [6, 6.07) is 4.83. The van der Waals surface area contributed by atoms with Crippen molar-refractivity contribution in [3.05, 3.63) is 41.7 Å². The number of aromatic nitrogens is 2. The van der Waals surface area contributed by atoms with Crippen molar-refractivity contribution in [2.24, 2.45) is 0 Å². The fourth-order valence-electron chi connectivity index (χ4n) is 3.06. The maximum Gasteiger partial charge on any atom is 0.411 e. The highest BCUT2D eigenvalue weighted by atomic mass is 16.6. The molecule has 1 unspecified atom stereocenters. The van der Waals surface area contributed by atoms with Gasteiger partial charge in [-0.1, -0.05) is 12.6 Å². The Balaban J connectivity index is 1.99. The maximum absolute atomic E-state index is 12.6. The van der Waals surface area contributed by atoms with Gasteiger partial charge in [0, 0.05) is 6.54 Å². The van der Waals surface area contributed by atoms with Crippen LogP contribution in [0.25, 0.3) is 11.0 Å². The lowest BCUT2D eigenvalue weighted by molar-refractivity contribution is 0.0231. The monoisotopic (exact) mass is 357 g/mol. The van der Waals surface area contributed by atoms with Gasteiger partial charge in [-0.2, -0.15) is 0 Å². The smallest absolute Gasteiger partial charge is 0.411 e. The minimum atomic E-state index is -0.586. The molecule has 1 fully saturated rings. The van der Waals surface area contributed by atoms with E-state index in [1.807, 2.05) is 26.8 Å². The van der Waals surface area contributed by atoms with Gasteiger partial charge in [-0.25, -0.2) is 14.6 Å². The number of nitrogens with zero attached hydrogens (tertiary/aromatic N) is 2. The van der Waals surface area contributed by atoms with Gasteiger partial charge < -0.3 is 14.5 Å². The number of H-pyrrole nitrogens is 1. The van der Waals surface area contributed by atoms with Crippen LogP contribution in [-0.4, -0.2) is 46.2 Å². The third-order valence-electron chi connectivity index (χ3n) is 4.20. The second-order valence-corrected chi connectivity index (χ2v) is 7.30. The van der Waals surface area contributed by atoms with Gasteiger partial charge >= 0.3 is 12.1 Å². The molecule has 1 aliphatic heterocycles. The van der Waals surface area contributed by atoms with Crippen LogP contribution >= 0.6 is 0 Å². The van der Waals surface area contributed by atoms with E-state index in [0.29, 0.717) is 35.4 Å². The van der Waals surface area contributed by atoms with Gasteiger partial charge in [0.05, 0.1) is 18.2 Å². The molecular weight excluding hydrogens is 334 g/mol. The average molecular weight is 357 g/mol. The predicted molar refractivity (Wildman–Crippen MR) is 96.9 cm³/mol. The lowest BCUT2D eigenvalue weighted by Gasteiger charge is -2.27. The number of carbonyl (C=O) groups excluding carboxylic acids is 2. The normalized spacial score (nSPS) is 17.6. The molecule has 7 heteroatoms. The Kier molecular flexibility index (Phi) is 4.48. The summed E-state index contributed by atoms with van der Waals surface area (Å²) in [7, 11) is 1.33. The van der Waals surface area contributed by atoms with Crippen LogP contribution in [0.3, 0.4) is 0 Å². The molecule has 1 amide bonds. The van der Waals surface area contributed by atoms with Crippen molar-refractivity contribution >= 4 is 23.1 Å². The molecule has 0 spiro atoms. The molecule has 2 aromatic rings. The Morgan fingerprint density at radius 3 is 2.73 bits per heavy atom. The van der Waals surface area contributed by atoms with Gasteiger partial charge in [0.25, 0.3) is 0 Å². The summed E-state index contributed by atoms with van der Waals surface area (Å²) in [5.41, 5.74) is 1.87. The quantitative estimate of drug-likeness (QED) is 0.656. The van der Waals surface area contributed by atoms with Gasteiger partial charge in [-0.15, -0.1) is 0 Å². The number of ether oxygens (including phenoxy) is 2. The van der Waals surface area contributed by atoms with Crippen LogP contribution < -0.4 is 0 Å². The van der Waals surface area contributed by atoms with E-state index in [2.05, 4.69) is 16.5 Å². The molecule has 0 aliphatic carbocycles. The third-order valence-corrected chi connectivity index (χ3v) is 4.20. The lowest BCUT2D eigenvalue weighted by atomic mass is 10.1. The maximum atomic E-state index is 12.6. The van der Waals surface area contributed by atoms with Crippen molar-refractivity contribution in [3.8, 4) is 0 Å². The van der Waals surface area contributed by atoms with Gasteiger partial charge in [-0.05, 0) is 44.9 Å². The summed E-state index contributed by atoms with van der Waals surface area (Å²) in [5.74, 6) is 0.104. The summed E-state index contributed by atoms with van der Waals surface area (Å²) in [6.45, 7) is 10.1. The summed E-state index contributed by atoms with van der Waals surface area (Å²) >= 11 is 0. The van der Waals surface area contributed by atoms with Gasteiger partial charge in [0.15, 0.2) is 0 Å². The Hall–Kier alpha value is -2.83. The molecule has 0 bridgehead atoms. The Morgan fingerprint density at radius 1 is 1.35 bits per heavy atom. The van der Waals surface area contributed by atoms with Crippen molar-refractivity contribution in [2.45, 2.75) is 38.8 Å². The molecule has 0 saturated carbocycles. The van der Waals surface area contributed by atoms with Crippen LogP contribution in [0.5, 0.6) is 0 Å². The van der Waals surface area contributed by atoms with Crippen LogP contribution in [0.2, 0.25) is 0 Å². The van der Waals surface area contributed by atoms with Gasteiger partial charge in [-0.3, -0.25) is 4.90 Å². The standard InChI is InChI=1S/C19H23N3O4/c1-11-9-10-22(18(24)26-19(2,3)4)15(11)16-20-13-8-6-7-12(14(13)21-16)17(23)25-5/h6-8,15H,1,9-10H2,2-5H3,(H,20,21). The van der Waals surface area contributed by atoms with Crippen molar-refractivity contribution in [1.82, 2.24) is 14.9 Å². The molecule has 7 nitrogen and oxygen atoms in total. The molecule has 1 saturated heterocycles. The number of hydrogen-bond acceptors (Lipinski definition) is 5. The number of methoxy groups -OCH3 is 1. The number of nitrogens with one attached hydrogen (secondary N) is 1. The highest BCUT2D eigenvalue weighted by Gasteiger charge is 2.37. The van der Waals surface area contributed by atoms with Crippen LogP contribution in [0.1, 0.15) is 49.4 Å². The fourth-order valence-corrected chi connectivity index (χ4v) is 3.06. The van der Waals surface area contributed by atoms with Crippen molar-refractivity contribution < 1.29 is 19.1 Å². The SMILES string of the molecule is C=C1CCN(C(=O)OC(C)(C)C)C1c1nc2c(C(=O)OC)cccc2[nH]1. The number of fused-ring (bicyclic) bond motifs is 1. The predicted octanol–water partition coefficient (Wildman–Crippen LogP) is 3.59. The van der Waals surface area contributed by atoms with E-state index in [-0.39, 0.29) is 0 Å². The first-order valence-corrected chi connectivity index (χ1v) is 8.45. The topological polar surface area (TPSA) is 84.5 Å². The molecule has 1 atom stereocenters. The number of rotatable bonds is 2. The van der Waals surface area contributed by atoms with E-state index in [9.17, 15) is 9.59 Å². The number of imidazole rings is 1. The van der Waals surface area contributed by atoms with Crippen LogP contribution in [0, 0.1) is 0 Å². The number of carbonyl (C=O) groups is 2. The van der Waals surface area contributed by atoms with Crippen LogP contribution in [0.4, 0.5) is 4.79 Å². The molecule has 0 radical (unpaired) electrons. The second kappa shape index (κ2) is 6.48. The molecule has 138 valence electrons. The Morgan fingerprint density at radius 2 is 2.08 bits per heavy atom. The van der Waals surface area contributed by atoms with E-state index in [1.54, 1.807) is 17.0 Å². The minimum Gasteiger partial charge on any atom is -0.465 e. The average Bonchev–Trinajstić information content (AvgIpc) is 3.14. The largest absolute Gasteiger partial charge is 0.465 e. The number of hydrogen-bond donors (Lipinski definition) is 1. The van der Waals surface area contributed by atoms with E-state index in [1.165, 1.54) is 7.11 Å². The third kappa shape index (κ3) is 3.29. The second-order valence-electron chi connectivity index (χ2n) is 7.30. The summed E-state index contributed by atoms with van der Waals surface area (Å²) < 4.78 is 10.3. The molecule has 2 heterocycles. The molecule has 1 aliphatic rings. The molecular formula is C19H23N3O4. The first kappa shape index (κ1) is 18.0. The van der Waals surface area contributed by atoms with Gasteiger partial charge in [0.2, 0.25) is 0 Å². The first-order valence-electron chi connectivity index (χ1n) is 8.45. The van der Waals surface area contributed by atoms with E-state index < -0.39 is 23.7 Å². The van der Waals surface area contributed by atoms with Crippen molar-refractivity contribution in [3.63, 3.8) is 0 Å². The van der Waals surface area contributed by atoms with Crippen molar-refractivity contribution in [1.29, 1.82) is 0 Å². The number of aromatic amines is 1. The summed E-state index contributed by atoms with van der Waals surface area (Å²) in [5, 5.41) is 0. The van der Waals surface area contributed by atoms with Crippen LogP contribution in [0.15, 0.2) is 30.4 Å². The van der Waals surface area contributed by atoms with Crippen LogP contribution in [-0.2, 0) is 9.47 Å². The Labute approximate surface area is 152 Å². The zero-order chi connectivity index (χ0) is 19.1. The highest BCUT2D eigenvalue weighted by Crippen LogP contribution is 2.36. The number of esters is 1. The van der Waals surface area contributed by atoms with E-state index in [4.69, 9.17) is 9.47 Å². The first-order chi connectivity index (χ1) is 12.2. The number of amides is 1. The van der Waals surface area contributed by atoms with E-state index >= 15 is 0 Å². The Bertz CT molecular complexity index is 879. The summed E-state index contributed by atoms with van der Waals surface area (Å²) in [4.78, 5) is 33.9. The molecule has 1 aromatic carbocycles. The fraction of sp³-hybridized carbons (Fsp3) is 0.421. The number of likely N-dealkylation sites (tertiary alicyclic amines) is 1. The minimum absolute atomic E-state index is 0.375. The summed E-state index contributed by atoms with van der Waals surface area (Å²) in [6.07, 6.45) is 0.264.